The summed E-state index contributed by atoms with van der Waals surface area (Å²) in [5.74, 6) is -0.489. The molecule has 0 bridgehead atoms. The van der Waals surface area contributed by atoms with Gasteiger partial charge in [0.2, 0.25) is 0 Å². The Labute approximate surface area is 145 Å². The molecule has 3 rings (SSSR count). The van der Waals surface area contributed by atoms with Gasteiger partial charge in [-0.1, -0.05) is 6.07 Å². The molecule has 25 heavy (non-hydrogen) atoms. The molecule has 0 unspecified atom stereocenters. The van der Waals surface area contributed by atoms with Crippen LogP contribution in [0, 0.1) is 0 Å². The van der Waals surface area contributed by atoms with Crippen molar-refractivity contribution in [1.82, 2.24) is 15.2 Å². The minimum absolute atomic E-state index is 0.160. The van der Waals surface area contributed by atoms with Crippen LogP contribution >= 0.6 is 0 Å². The number of piperazine rings is 1. The van der Waals surface area contributed by atoms with E-state index in [2.05, 4.69) is 17.3 Å². The van der Waals surface area contributed by atoms with E-state index in [1.54, 1.807) is 41.6 Å². The molecular formula is C18H21N4O3+. The minimum Gasteiger partial charge on any atom is -0.459 e. The number of amides is 2. The van der Waals surface area contributed by atoms with E-state index in [-0.39, 0.29) is 17.4 Å². The van der Waals surface area contributed by atoms with Crippen LogP contribution in [0.15, 0.2) is 53.0 Å². The Hall–Kier alpha value is -2.93. The third-order valence-corrected chi connectivity index (χ3v) is 4.12. The number of aromatic nitrogens is 1. The lowest BCUT2D eigenvalue weighted by Gasteiger charge is -2.30. The van der Waals surface area contributed by atoms with E-state index in [1.807, 2.05) is 6.07 Å². The molecule has 0 radical (unpaired) electrons. The lowest BCUT2D eigenvalue weighted by Crippen LogP contribution is -3.12. The predicted octanol–water partition coefficient (Wildman–Crippen LogP) is -0.198. The zero-order valence-electron chi connectivity index (χ0n) is 14.1. The molecule has 0 aliphatic carbocycles. The molecule has 130 valence electrons. The van der Waals surface area contributed by atoms with Crippen LogP contribution < -0.4 is 10.2 Å². The maximum absolute atomic E-state index is 12.9. The van der Waals surface area contributed by atoms with Crippen molar-refractivity contribution in [2.45, 2.75) is 0 Å². The fraction of sp³-hybridized carbons (Fsp3) is 0.278. The van der Waals surface area contributed by atoms with Crippen molar-refractivity contribution < 1.29 is 18.9 Å². The number of pyridine rings is 1. The number of nitrogens with zero attached hydrogens (tertiary/aromatic N) is 2. The van der Waals surface area contributed by atoms with Gasteiger partial charge in [0.15, 0.2) is 5.76 Å². The summed E-state index contributed by atoms with van der Waals surface area (Å²) < 4.78 is 5.11. The number of likely N-dealkylation sites (N-methyl/N-ethyl adjacent to an activating group) is 1. The van der Waals surface area contributed by atoms with Crippen molar-refractivity contribution in [3.63, 3.8) is 0 Å². The van der Waals surface area contributed by atoms with Crippen molar-refractivity contribution in [1.29, 1.82) is 0 Å². The van der Waals surface area contributed by atoms with Crippen molar-refractivity contribution in [2.75, 3.05) is 33.2 Å². The third kappa shape index (κ3) is 4.33. The number of rotatable bonds is 4. The fourth-order valence-electron chi connectivity index (χ4n) is 2.63. The summed E-state index contributed by atoms with van der Waals surface area (Å²) in [6, 6.07) is 6.79. The van der Waals surface area contributed by atoms with Crippen LogP contribution in [0.2, 0.25) is 0 Å². The predicted molar refractivity (Wildman–Crippen MR) is 91.6 cm³/mol. The molecule has 0 atom stereocenters. The van der Waals surface area contributed by atoms with Crippen molar-refractivity contribution >= 4 is 17.9 Å². The molecule has 2 aromatic rings. The molecule has 1 aliphatic heterocycles. The summed E-state index contributed by atoms with van der Waals surface area (Å²) in [4.78, 5) is 32.4. The second-order valence-electron chi connectivity index (χ2n) is 6.03. The molecule has 0 saturated carbocycles. The topological polar surface area (TPSA) is 79.9 Å². The highest BCUT2D eigenvalue weighted by molar-refractivity contribution is 6.04. The molecule has 3 heterocycles. The number of carbonyl (C=O) groups excluding carboxylic acids is 2. The Morgan fingerprint density at radius 3 is 2.72 bits per heavy atom. The lowest BCUT2D eigenvalue weighted by atomic mass is 10.2. The van der Waals surface area contributed by atoms with Gasteiger partial charge in [-0.05, 0) is 29.8 Å². The highest BCUT2D eigenvalue weighted by atomic mass is 16.3. The molecule has 1 aliphatic rings. The van der Waals surface area contributed by atoms with E-state index >= 15 is 0 Å². The van der Waals surface area contributed by atoms with Gasteiger partial charge in [-0.25, -0.2) is 0 Å². The molecule has 1 fully saturated rings. The molecule has 2 amide bonds. The van der Waals surface area contributed by atoms with Crippen LogP contribution in [-0.2, 0) is 4.79 Å². The van der Waals surface area contributed by atoms with E-state index in [0.29, 0.717) is 13.1 Å². The molecule has 0 aromatic carbocycles. The van der Waals surface area contributed by atoms with Gasteiger partial charge in [0.05, 0.1) is 39.5 Å². The van der Waals surface area contributed by atoms with Crippen molar-refractivity contribution in [3.8, 4) is 0 Å². The lowest BCUT2D eigenvalue weighted by molar-refractivity contribution is -0.883. The van der Waals surface area contributed by atoms with Gasteiger partial charge in [0.25, 0.3) is 11.8 Å². The maximum atomic E-state index is 12.9. The van der Waals surface area contributed by atoms with E-state index in [4.69, 9.17) is 4.42 Å². The maximum Gasteiger partial charge on any atom is 0.291 e. The zero-order valence-corrected chi connectivity index (χ0v) is 14.1. The van der Waals surface area contributed by atoms with Gasteiger partial charge in [-0.2, -0.15) is 0 Å². The van der Waals surface area contributed by atoms with Gasteiger partial charge in [-0.15, -0.1) is 0 Å². The molecule has 0 spiro atoms. The van der Waals surface area contributed by atoms with Gasteiger partial charge in [0.1, 0.15) is 5.70 Å². The summed E-state index contributed by atoms with van der Waals surface area (Å²) in [5.41, 5.74) is 0.958. The van der Waals surface area contributed by atoms with Crippen LogP contribution in [0.25, 0.3) is 6.08 Å². The molecular weight excluding hydrogens is 320 g/mol. The standard InChI is InChI=1S/C18H20N4O3/c1-21-7-9-22(10-8-21)18(24)15(12-14-4-2-6-19-13-14)20-17(23)16-5-3-11-25-16/h2-6,11-13H,7-10H2,1H3,(H,20,23)/p+1/b15-12-. The fourth-order valence-corrected chi connectivity index (χ4v) is 2.63. The Kier molecular flexibility index (Phi) is 5.25. The Bertz CT molecular complexity index is 748. The van der Waals surface area contributed by atoms with Crippen molar-refractivity contribution in [2.24, 2.45) is 0 Å². The normalized spacial score (nSPS) is 15.9. The highest BCUT2D eigenvalue weighted by Gasteiger charge is 2.25. The van der Waals surface area contributed by atoms with E-state index in [9.17, 15) is 9.59 Å². The first-order valence-electron chi connectivity index (χ1n) is 8.20. The number of quaternary nitrogens is 1. The van der Waals surface area contributed by atoms with Crippen LogP contribution in [0.4, 0.5) is 0 Å². The average Bonchev–Trinajstić information content (AvgIpc) is 3.17. The third-order valence-electron chi connectivity index (χ3n) is 4.12. The molecule has 1 saturated heterocycles. The molecule has 7 nitrogen and oxygen atoms in total. The Morgan fingerprint density at radius 1 is 1.28 bits per heavy atom. The number of carbonyl (C=O) groups is 2. The first-order chi connectivity index (χ1) is 12.1. The monoisotopic (exact) mass is 341 g/mol. The van der Waals surface area contributed by atoms with E-state index in [1.165, 1.54) is 11.2 Å². The van der Waals surface area contributed by atoms with Crippen LogP contribution in [0.3, 0.4) is 0 Å². The van der Waals surface area contributed by atoms with Crippen LogP contribution in [0.1, 0.15) is 16.1 Å². The van der Waals surface area contributed by atoms with Crippen LogP contribution in [0.5, 0.6) is 0 Å². The molecule has 2 N–H and O–H groups in total. The van der Waals surface area contributed by atoms with Gasteiger partial charge < -0.3 is 19.5 Å². The quantitative estimate of drug-likeness (QED) is 0.755. The van der Waals surface area contributed by atoms with E-state index in [0.717, 1.165) is 18.7 Å². The Morgan fingerprint density at radius 2 is 2.08 bits per heavy atom. The first-order valence-corrected chi connectivity index (χ1v) is 8.20. The van der Waals surface area contributed by atoms with E-state index < -0.39 is 5.91 Å². The number of nitrogens with one attached hydrogen (secondary N) is 2. The smallest absolute Gasteiger partial charge is 0.291 e. The zero-order chi connectivity index (χ0) is 17.6. The number of hydrogen-bond acceptors (Lipinski definition) is 4. The Balaban J connectivity index is 1.82. The van der Waals surface area contributed by atoms with Gasteiger partial charge in [0, 0.05) is 12.4 Å². The summed E-state index contributed by atoms with van der Waals surface area (Å²) in [5, 5.41) is 2.68. The largest absolute Gasteiger partial charge is 0.459 e. The second kappa shape index (κ2) is 7.76. The summed E-state index contributed by atoms with van der Waals surface area (Å²) in [7, 11) is 2.10. The first kappa shape index (κ1) is 16.9. The summed E-state index contributed by atoms with van der Waals surface area (Å²) in [6.45, 7) is 3.09. The second-order valence-corrected chi connectivity index (χ2v) is 6.03. The number of furan rings is 1. The SMILES string of the molecule is C[NH+]1CCN(C(=O)/C(=C/c2cccnc2)NC(=O)c2ccco2)CC1. The highest BCUT2D eigenvalue weighted by Crippen LogP contribution is 2.09. The minimum atomic E-state index is -0.451. The molecule has 2 aromatic heterocycles. The average molecular weight is 341 g/mol. The van der Waals surface area contributed by atoms with Crippen molar-refractivity contribution in [3.05, 3.63) is 59.9 Å². The van der Waals surface area contributed by atoms with Crippen LogP contribution in [-0.4, -0.2) is 54.9 Å². The molecule has 7 heteroatoms. The van der Waals surface area contributed by atoms with Gasteiger partial charge in [-0.3, -0.25) is 14.6 Å². The van der Waals surface area contributed by atoms with Gasteiger partial charge >= 0.3 is 0 Å². The summed E-state index contributed by atoms with van der Waals surface area (Å²) >= 11 is 0. The summed E-state index contributed by atoms with van der Waals surface area (Å²) in [6.07, 6.45) is 6.36. The number of hydrogen-bond donors (Lipinski definition) is 2.